The van der Waals surface area contributed by atoms with E-state index in [1.807, 2.05) is 0 Å². The monoisotopic (exact) mass is 365 g/mol. The third-order valence-electron chi connectivity index (χ3n) is 2.50. The highest BCUT2D eigenvalue weighted by atomic mass is 79.9. The van der Waals surface area contributed by atoms with E-state index in [9.17, 15) is 9.59 Å². The first-order valence-corrected chi connectivity index (χ1v) is 7.82. The molecule has 108 valence electrons. The Bertz CT molecular complexity index is 658. The molecule has 21 heavy (non-hydrogen) atoms. The lowest BCUT2D eigenvalue weighted by molar-refractivity contribution is -0.115. The van der Waals surface area contributed by atoms with Crippen molar-refractivity contribution < 1.29 is 14.3 Å². The number of carbonyl (C=O) groups is 2. The lowest BCUT2D eigenvalue weighted by atomic mass is 10.2. The Balaban J connectivity index is 2.14. The van der Waals surface area contributed by atoms with Gasteiger partial charge in [-0.25, -0.2) is 4.79 Å². The third-order valence-corrected chi connectivity index (χ3v) is 4.13. The summed E-state index contributed by atoms with van der Waals surface area (Å²) in [4.78, 5) is 23.7. The van der Waals surface area contributed by atoms with Crippen LogP contribution in [0.3, 0.4) is 0 Å². The van der Waals surface area contributed by atoms with Gasteiger partial charge in [-0.1, -0.05) is 28.1 Å². The molecule has 2 rings (SSSR count). The molecule has 0 radical (unpaired) electrons. The van der Waals surface area contributed by atoms with Crippen LogP contribution in [0.2, 0.25) is 0 Å². The summed E-state index contributed by atoms with van der Waals surface area (Å²) in [6.07, 6.45) is 0. The average Bonchev–Trinajstić information content (AvgIpc) is 2.47. The van der Waals surface area contributed by atoms with Crippen LogP contribution in [0.25, 0.3) is 0 Å². The van der Waals surface area contributed by atoms with Gasteiger partial charge in [0.25, 0.3) is 0 Å². The molecule has 0 atom stereocenters. The summed E-state index contributed by atoms with van der Waals surface area (Å²) in [5.74, 6) is -0.332. The maximum Gasteiger partial charge on any atom is 0.344 e. The molecule has 0 aliphatic heterocycles. The molecule has 0 heterocycles. The maximum atomic E-state index is 12.2. The zero-order valence-corrected chi connectivity index (χ0v) is 13.3. The SMILES string of the molecule is NC(=O)CSc1ccccc1C(=O)Oc1ccc(Br)cc1. The van der Waals surface area contributed by atoms with E-state index in [0.717, 1.165) is 4.47 Å². The van der Waals surface area contributed by atoms with Crippen LogP contribution in [0.4, 0.5) is 0 Å². The van der Waals surface area contributed by atoms with Crippen LogP contribution < -0.4 is 10.5 Å². The number of amides is 1. The first-order valence-electron chi connectivity index (χ1n) is 6.04. The summed E-state index contributed by atoms with van der Waals surface area (Å²) in [5, 5.41) is 0. The van der Waals surface area contributed by atoms with Gasteiger partial charge < -0.3 is 10.5 Å². The second-order valence-corrected chi connectivity index (χ2v) is 6.03. The summed E-state index contributed by atoms with van der Waals surface area (Å²) in [6.45, 7) is 0. The molecule has 6 heteroatoms. The van der Waals surface area contributed by atoms with E-state index < -0.39 is 11.9 Å². The lowest BCUT2D eigenvalue weighted by Crippen LogP contribution is -2.14. The van der Waals surface area contributed by atoms with Crippen LogP contribution in [-0.2, 0) is 4.79 Å². The van der Waals surface area contributed by atoms with E-state index in [1.54, 1.807) is 48.5 Å². The van der Waals surface area contributed by atoms with Gasteiger partial charge in [0.15, 0.2) is 0 Å². The average molecular weight is 366 g/mol. The molecule has 0 aliphatic carbocycles. The Hall–Kier alpha value is -1.79. The van der Waals surface area contributed by atoms with Gasteiger partial charge in [0.1, 0.15) is 5.75 Å². The normalized spacial score (nSPS) is 10.1. The van der Waals surface area contributed by atoms with Gasteiger partial charge in [0, 0.05) is 9.37 Å². The Morgan fingerprint density at radius 1 is 1.10 bits per heavy atom. The van der Waals surface area contributed by atoms with Gasteiger partial charge >= 0.3 is 5.97 Å². The number of hydrogen-bond acceptors (Lipinski definition) is 4. The van der Waals surface area contributed by atoms with E-state index in [0.29, 0.717) is 16.2 Å². The fraction of sp³-hybridized carbons (Fsp3) is 0.0667. The van der Waals surface area contributed by atoms with Gasteiger partial charge in [-0.15, -0.1) is 11.8 Å². The van der Waals surface area contributed by atoms with Crippen molar-refractivity contribution in [2.24, 2.45) is 5.73 Å². The Morgan fingerprint density at radius 2 is 1.76 bits per heavy atom. The van der Waals surface area contributed by atoms with Crippen molar-refractivity contribution in [2.75, 3.05) is 5.75 Å². The van der Waals surface area contributed by atoms with Gasteiger partial charge in [-0.05, 0) is 36.4 Å². The van der Waals surface area contributed by atoms with Gasteiger partial charge in [0.2, 0.25) is 5.91 Å². The van der Waals surface area contributed by atoms with Crippen LogP contribution in [-0.4, -0.2) is 17.6 Å². The number of thioether (sulfide) groups is 1. The topological polar surface area (TPSA) is 69.4 Å². The van der Waals surface area contributed by atoms with E-state index in [-0.39, 0.29) is 5.75 Å². The standard InChI is InChI=1S/C15H12BrNO3S/c16-10-5-7-11(8-6-10)20-15(19)12-3-1-2-4-13(12)21-9-14(17)18/h1-8H,9H2,(H2,17,18). The number of benzene rings is 2. The van der Waals surface area contributed by atoms with Crippen molar-refractivity contribution in [1.82, 2.24) is 0 Å². The van der Waals surface area contributed by atoms with Crippen LogP contribution >= 0.6 is 27.7 Å². The molecule has 0 spiro atoms. The second kappa shape index (κ2) is 7.28. The minimum atomic E-state index is -0.468. The molecule has 2 aromatic carbocycles. The highest BCUT2D eigenvalue weighted by molar-refractivity contribution is 9.10. The molecule has 0 saturated carbocycles. The predicted molar refractivity (Wildman–Crippen MR) is 85.5 cm³/mol. The van der Waals surface area contributed by atoms with Crippen LogP contribution in [0.5, 0.6) is 5.75 Å². The number of hydrogen-bond donors (Lipinski definition) is 1. The van der Waals surface area contributed by atoms with Crippen molar-refractivity contribution in [2.45, 2.75) is 4.90 Å². The summed E-state index contributed by atoms with van der Waals surface area (Å²) in [7, 11) is 0. The molecule has 0 fully saturated rings. The van der Waals surface area contributed by atoms with Gasteiger partial charge in [0.05, 0.1) is 11.3 Å². The minimum absolute atomic E-state index is 0.114. The summed E-state index contributed by atoms with van der Waals surface area (Å²) in [5.41, 5.74) is 5.53. The zero-order valence-electron chi connectivity index (χ0n) is 10.9. The Morgan fingerprint density at radius 3 is 2.43 bits per heavy atom. The molecule has 0 aliphatic rings. The highest BCUT2D eigenvalue weighted by Gasteiger charge is 2.14. The molecule has 0 bridgehead atoms. The van der Waals surface area contributed by atoms with Crippen molar-refractivity contribution in [3.05, 3.63) is 58.6 Å². The van der Waals surface area contributed by atoms with E-state index in [1.165, 1.54) is 11.8 Å². The number of primary amides is 1. The third kappa shape index (κ3) is 4.61. The largest absolute Gasteiger partial charge is 0.423 e. The first kappa shape index (κ1) is 15.6. The summed E-state index contributed by atoms with van der Waals surface area (Å²) in [6, 6.07) is 13.9. The zero-order chi connectivity index (χ0) is 15.2. The fourth-order valence-corrected chi connectivity index (χ4v) is 2.62. The Kier molecular flexibility index (Phi) is 5.41. The van der Waals surface area contributed by atoms with Gasteiger partial charge in [-0.3, -0.25) is 4.79 Å². The predicted octanol–water partition coefficient (Wildman–Crippen LogP) is 3.25. The van der Waals surface area contributed by atoms with E-state index >= 15 is 0 Å². The molecule has 1 amide bonds. The first-order chi connectivity index (χ1) is 10.1. The summed E-state index contributed by atoms with van der Waals surface area (Å²) >= 11 is 4.53. The summed E-state index contributed by atoms with van der Waals surface area (Å²) < 4.78 is 6.22. The number of ether oxygens (including phenoxy) is 1. The molecule has 2 N–H and O–H groups in total. The van der Waals surface area contributed by atoms with E-state index in [2.05, 4.69) is 15.9 Å². The molecule has 0 saturated heterocycles. The maximum absolute atomic E-state index is 12.2. The molecular formula is C15H12BrNO3S. The van der Waals surface area contributed by atoms with Crippen molar-refractivity contribution in [3.8, 4) is 5.75 Å². The molecule has 4 nitrogen and oxygen atoms in total. The molecule has 2 aromatic rings. The smallest absolute Gasteiger partial charge is 0.344 e. The Labute approximate surface area is 134 Å². The molecular weight excluding hydrogens is 354 g/mol. The van der Waals surface area contributed by atoms with Crippen LogP contribution in [0.15, 0.2) is 57.9 Å². The highest BCUT2D eigenvalue weighted by Crippen LogP contribution is 2.24. The second-order valence-electron chi connectivity index (χ2n) is 4.09. The van der Waals surface area contributed by atoms with Crippen LogP contribution in [0.1, 0.15) is 10.4 Å². The number of halogens is 1. The molecule has 0 aromatic heterocycles. The number of esters is 1. The van der Waals surface area contributed by atoms with Crippen molar-refractivity contribution in [3.63, 3.8) is 0 Å². The number of rotatable bonds is 5. The van der Waals surface area contributed by atoms with E-state index in [4.69, 9.17) is 10.5 Å². The quantitative estimate of drug-likeness (QED) is 0.501. The lowest BCUT2D eigenvalue weighted by Gasteiger charge is -2.08. The number of nitrogens with two attached hydrogens (primary N) is 1. The molecule has 0 unspecified atom stereocenters. The van der Waals surface area contributed by atoms with Crippen molar-refractivity contribution in [1.29, 1.82) is 0 Å². The minimum Gasteiger partial charge on any atom is -0.423 e. The number of carbonyl (C=O) groups excluding carboxylic acids is 2. The fourth-order valence-electron chi connectivity index (χ4n) is 1.57. The van der Waals surface area contributed by atoms with Crippen molar-refractivity contribution >= 4 is 39.6 Å². The van der Waals surface area contributed by atoms with Crippen LogP contribution in [0, 0.1) is 0 Å². The van der Waals surface area contributed by atoms with Gasteiger partial charge in [-0.2, -0.15) is 0 Å².